The van der Waals surface area contributed by atoms with Crippen LogP contribution in [-0.4, -0.2) is 11.1 Å². The molecule has 1 N–H and O–H groups in total. The van der Waals surface area contributed by atoms with Crippen LogP contribution >= 0.6 is 0 Å². The highest BCUT2D eigenvalue weighted by molar-refractivity contribution is 6.02. The monoisotopic (exact) mass is 263 g/mol. The quantitative estimate of drug-likeness (QED) is 0.676. The molecule has 2 aromatic rings. The smallest absolute Gasteiger partial charge is 0.334 e. The van der Waals surface area contributed by atoms with E-state index in [0.29, 0.717) is 5.57 Å². The van der Waals surface area contributed by atoms with Crippen molar-refractivity contribution in [2.45, 2.75) is 6.92 Å². The van der Waals surface area contributed by atoms with Gasteiger partial charge < -0.3 is 5.11 Å². The molecule has 0 aromatic heterocycles. The van der Waals surface area contributed by atoms with Crippen molar-refractivity contribution in [3.05, 3.63) is 88.4 Å². The number of rotatable bonds is 3. The molecule has 0 aliphatic carbocycles. The third kappa shape index (κ3) is 2.76. The molecule has 0 amide bonds. The molecule has 0 aliphatic rings. The number of benzene rings is 2. The fourth-order valence-corrected chi connectivity index (χ4v) is 1.98. The summed E-state index contributed by atoms with van der Waals surface area (Å²) in [5, 5.41) is 9.25. The molecule has 0 saturated carbocycles. The van der Waals surface area contributed by atoms with Crippen LogP contribution in [0.3, 0.4) is 0 Å². The Morgan fingerprint density at radius 1 is 1.00 bits per heavy atom. The molecule has 20 heavy (non-hydrogen) atoms. The van der Waals surface area contributed by atoms with Gasteiger partial charge >= 0.3 is 5.97 Å². The van der Waals surface area contributed by atoms with Crippen LogP contribution in [0.5, 0.6) is 0 Å². The Labute approximate surface area is 117 Å². The first-order chi connectivity index (χ1) is 9.63. The number of aryl methyl sites for hydroxylation is 1. The minimum absolute atomic E-state index is 0.264. The minimum Gasteiger partial charge on any atom is -0.486 e. The average molecular weight is 263 g/mol. The maximum absolute atomic E-state index is 11.3. The highest BCUT2D eigenvalue weighted by Gasteiger charge is 2.17. The Morgan fingerprint density at radius 2 is 1.55 bits per heavy atom. The predicted molar refractivity (Wildman–Crippen MR) is 77.9 cm³/mol. The summed E-state index contributed by atoms with van der Waals surface area (Å²) in [6.45, 7) is 9.11. The second-order valence-electron chi connectivity index (χ2n) is 4.37. The fourth-order valence-electron chi connectivity index (χ4n) is 1.98. The summed E-state index contributed by atoms with van der Waals surface area (Å²) >= 11 is 0. The number of hydrogen-bond donors (Lipinski definition) is 1. The van der Waals surface area contributed by atoms with E-state index >= 15 is 0 Å². The van der Waals surface area contributed by atoms with Gasteiger partial charge in [0.25, 0.3) is 5.70 Å². The van der Waals surface area contributed by atoms with Crippen molar-refractivity contribution in [1.82, 2.24) is 0 Å². The lowest BCUT2D eigenvalue weighted by atomic mass is 9.95. The van der Waals surface area contributed by atoms with E-state index in [1.54, 1.807) is 0 Å². The van der Waals surface area contributed by atoms with Gasteiger partial charge in [-0.1, -0.05) is 60.2 Å². The Kier molecular flexibility index (Phi) is 3.97. The number of carboxylic acids is 1. The van der Waals surface area contributed by atoms with Crippen molar-refractivity contribution >= 4 is 11.5 Å². The molecule has 0 atom stereocenters. The summed E-state index contributed by atoms with van der Waals surface area (Å²) in [5.74, 6) is -1.21. The number of hydrogen-bond acceptors (Lipinski definition) is 1. The van der Waals surface area contributed by atoms with Crippen molar-refractivity contribution in [1.29, 1.82) is 0 Å². The average Bonchev–Trinajstić information content (AvgIpc) is 2.46. The second kappa shape index (κ2) is 5.85. The second-order valence-corrected chi connectivity index (χ2v) is 4.37. The zero-order chi connectivity index (χ0) is 14.5. The van der Waals surface area contributed by atoms with Crippen LogP contribution in [0.4, 0.5) is 0 Å². The molecule has 3 nitrogen and oxygen atoms in total. The zero-order valence-electron chi connectivity index (χ0n) is 11.0. The first-order valence-corrected chi connectivity index (χ1v) is 6.11. The summed E-state index contributed by atoms with van der Waals surface area (Å²) in [5.41, 5.74) is 2.73. The molecular weight excluding hydrogens is 250 g/mol. The lowest BCUT2D eigenvalue weighted by Crippen LogP contribution is -2.02. The maximum atomic E-state index is 11.3. The van der Waals surface area contributed by atoms with Gasteiger partial charge in [-0.3, -0.25) is 4.79 Å². The van der Waals surface area contributed by atoms with E-state index in [4.69, 9.17) is 6.57 Å². The van der Waals surface area contributed by atoms with Crippen LogP contribution in [0.15, 0.2) is 60.3 Å². The van der Waals surface area contributed by atoms with Crippen LogP contribution in [0.2, 0.25) is 0 Å². The Hall–Kier alpha value is -2.86. The molecular formula is C17H13NO2. The van der Waals surface area contributed by atoms with Crippen molar-refractivity contribution in [2.75, 3.05) is 0 Å². The normalized spacial score (nSPS) is 11.4. The predicted octanol–water partition coefficient (Wildman–Crippen LogP) is 3.76. The number of carbonyl (C=O) groups is 1. The van der Waals surface area contributed by atoms with E-state index in [1.165, 1.54) is 0 Å². The van der Waals surface area contributed by atoms with Gasteiger partial charge in [0.15, 0.2) is 0 Å². The largest absolute Gasteiger partial charge is 0.486 e. The van der Waals surface area contributed by atoms with Crippen molar-refractivity contribution in [3.8, 4) is 0 Å². The molecule has 0 heterocycles. The minimum atomic E-state index is -1.21. The maximum Gasteiger partial charge on any atom is 0.334 e. The molecule has 2 aromatic carbocycles. The third-order valence-corrected chi connectivity index (χ3v) is 2.95. The number of aliphatic carboxylic acids is 1. The summed E-state index contributed by atoms with van der Waals surface area (Å²) in [4.78, 5) is 14.5. The molecule has 0 saturated heterocycles. The lowest BCUT2D eigenvalue weighted by molar-refractivity contribution is -0.132. The van der Waals surface area contributed by atoms with E-state index in [0.717, 1.165) is 16.7 Å². The molecule has 2 rings (SSSR count). The zero-order valence-corrected chi connectivity index (χ0v) is 11.0. The Balaban J connectivity index is 2.72. The Morgan fingerprint density at radius 3 is 2.05 bits per heavy atom. The van der Waals surface area contributed by atoms with Gasteiger partial charge in [-0.05, 0) is 18.1 Å². The van der Waals surface area contributed by atoms with Crippen molar-refractivity contribution < 1.29 is 9.90 Å². The molecule has 3 heteroatoms. The lowest BCUT2D eigenvalue weighted by Gasteiger charge is -2.10. The van der Waals surface area contributed by atoms with Crippen LogP contribution in [0.1, 0.15) is 16.7 Å². The molecule has 0 aliphatic heterocycles. The van der Waals surface area contributed by atoms with Crippen LogP contribution < -0.4 is 0 Å². The highest BCUT2D eigenvalue weighted by Crippen LogP contribution is 2.28. The van der Waals surface area contributed by atoms with E-state index < -0.39 is 5.97 Å². The van der Waals surface area contributed by atoms with Gasteiger partial charge in [-0.15, -0.1) is 0 Å². The molecule has 0 fully saturated rings. The van der Waals surface area contributed by atoms with E-state index in [-0.39, 0.29) is 5.70 Å². The number of nitrogens with zero attached hydrogens (tertiary/aromatic N) is 1. The van der Waals surface area contributed by atoms with Gasteiger partial charge in [-0.2, -0.15) is 0 Å². The third-order valence-electron chi connectivity index (χ3n) is 2.95. The van der Waals surface area contributed by atoms with Gasteiger partial charge in [0.1, 0.15) is 0 Å². The summed E-state index contributed by atoms with van der Waals surface area (Å²) < 4.78 is 0. The van der Waals surface area contributed by atoms with Gasteiger partial charge in [-0.25, -0.2) is 4.85 Å². The molecule has 0 bridgehead atoms. The van der Waals surface area contributed by atoms with Crippen LogP contribution in [0, 0.1) is 13.5 Å². The Bertz CT molecular complexity index is 692. The topological polar surface area (TPSA) is 41.7 Å². The first kappa shape index (κ1) is 13.6. The molecule has 98 valence electrons. The first-order valence-electron chi connectivity index (χ1n) is 6.11. The number of carboxylic acid groups (broad SMARTS) is 1. The van der Waals surface area contributed by atoms with Crippen molar-refractivity contribution in [2.24, 2.45) is 0 Å². The van der Waals surface area contributed by atoms with E-state index in [9.17, 15) is 9.90 Å². The van der Waals surface area contributed by atoms with E-state index in [1.807, 2.05) is 61.5 Å². The van der Waals surface area contributed by atoms with Gasteiger partial charge in [0, 0.05) is 5.57 Å². The summed E-state index contributed by atoms with van der Waals surface area (Å²) in [6, 6.07) is 16.6. The van der Waals surface area contributed by atoms with E-state index in [2.05, 4.69) is 4.85 Å². The molecule has 0 spiro atoms. The standard InChI is InChI=1S/C17H13NO2/c1-12-8-10-14(11-9-12)15(16(18-2)17(19)20)13-6-4-3-5-7-13/h3-11H,1H3,(H,19,20)/b16-15-. The summed E-state index contributed by atoms with van der Waals surface area (Å²) in [7, 11) is 0. The highest BCUT2D eigenvalue weighted by atomic mass is 16.4. The summed E-state index contributed by atoms with van der Waals surface area (Å²) in [6.07, 6.45) is 0. The van der Waals surface area contributed by atoms with Crippen LogP contribution in [-0.2, 0) is 4.79 Å². The molecule has 0 radical (unpaired) electrons. The van der Waals surface area contributed by atoms with Gasteiger partial charge in [0.05, 0.1) is 6.57 Å². The van der Waals surface area contributed by atoms with Gasteiger partial charge in [0.2, 0.25) is 0 Å². The van der Waals surface area contributed by atoms with Crippen molar-refractivity contribution in [3.63, 3.8) is 0 Å². The SMILES string of the molecule is [C-]#[N+]/C(C(=O)O)=C(/c1ccccc1)c1ccc(C)cc1. The van der Waals surface area contributed by atoms with Crippen LogP contribution in [0.25, 0.3) is 10.4 Å². The fraction of sp³-hybridized carbons (Fsp3) is 0.0588. The molecule has 0 unspecified atom stereocenters.